The lowest BCUT2D eigenvalue weighted by Gasteiger charge is -2.19. The molecular weight excluding hydrogens is 428 g/mol. The Balaban J connectivity index is 1.79. The lowest BCUT2D eigenvalue weighted by molar-refractivity contribution is -0.117. The maximum Gasteiger partial charge on any atom is 0.343 e. The number of benzene rings is 3. The van der Waals surface area contributed by atoms with E-state index in [4.69, 9.17) is 4.74 Å². The normalized spacial score (nSPS) is 15.2. The van der Waals surface area contributed by atoms with Crippen LogP contribution in [-0.2, 0) is 21.4 Å². The van der Waals surface area contributed by atoms with E-state index in [1.807, 2.05) is 22.9 Å². The van der Waals surface area contributed by atoms with Gasteiger partial charge < -0.3 is 4.74 Å². The predicted octanol–water partition coefficient (Wildman–Crippen LogP) is 3.83. The second kappa shape index (κ2) is 8.63. The van der Waals surface area contributed by atoms with E-state index in [1.165, 1.54) is 0 Å². The lowest BCUT2D eigenvalue weighted by Crippen LogP contribution is -2.30. The van der Waals surface area contributed by atoms with Gasteiger partial charge in [-0.1, -0.05) is 50.2 Å². The minimum atomic E-state index is -4.07. The number of carbonyl (C=O) groups is 2. The molecule has 1 N–H and O–H groups in total. The van der Waals surface area contributed by atoms with Crippen molar-refractivity contribution in [2.75, 3.05) is 10.8 Å². The first kappa shape index (κ1) is 21.8. The topological polar surface area (TPSA) is 92.8 Å². The number of esters is 1. The average molecular weight is 453 g/mol. The van der Waals surface area contributed by atoms with E-state index in [-0.39, 0.29) is 18.0 Å². The molecule has 0 atom stereocenters. The number of ether oxygens (including phenoxy) is 1. The number of nitrogens with zero attached hydrogens (tertiary/aromatic N) is 1. The minimum absolute atomic E-state index is 0.0707. The zero-order chi connectivity index (χ0) is 22.9. The fourth-order valence-corrected chi connectivity index (χ4v) is 4.75. The summed E-state index contributed by atoms with van der Waals surface area (Å²) in [6.45, 7) is 3.94. The Morgan fingerprint density at radius 1 is 1.06 bits per heavy atom. The van der Waals surface area contributed by atoms with Gasteiger partial charge in [0.2, 0.25) is 0 Å². The fourth-order valence-electron chi connectivity index (χ4n) is 3.60. The van der Waals surface area contributed by atoms with Crippen molar-refractivity contribution in [3.8, 4) is 5.75 Å². The van der Waals surface area contributed by atoms with Gasteiger partial charge in [0.25, 0.3) is 5.91 Å². The van der Waals surface area contributed by atoms with Gasteiger partial charge in [-0.2, -0.15) is 8.42 Å². The van der Waals surface area contributed by atoms with Gasteiger partial charge >= 0.3 is 16.2 Å². The molecule has 1 amide bonds. The van der Waals surface area contributed by atoms with Gasteiger partial charge in [0.15, 0.2) is 5.75 Å². The summed E-state index contributed by atoms with van der Waals surface area (Å²) >= 11 is 0. The first-order valence-corrected chi connectivity index (χ1v) is 11.8. The molecule has 1 aliphatic rings. The summed E-state index contributed by atoms with van der Waals surface area (Å²) in [4.78, 5) is 24.5. The van der Waals surface area contributed by atoms with Gasteiger partial charge in [-0.3, -0.25) is 4.79 Å². The van der Waals surface area contributed by atoms with Crippen LogP contribution in [0.3, 0.4) is 0 Å². The molecule has 0 aliphatic carbocycles. The third-order valence-electron chi connectivity index (χ3n) is 5.29. The summed E-state index contributed by atoms with van der Waals surface area (Å²) in [6, 6.07) is 17.7. The number of carbonyl (C=O) groups excluding carboxylic acids is 2. The molecular formula is C24H24N2O5S. The van der Waals surface area contributed by atoms with Crippen molar-refractivity contribution in [2.45, 2.75) is 26.7 Å². The first-order chi connectivity index (χ1) is 15.2. The first-order valence-electron chi connectivity index (χ1n) is 10.4. The monoisotopic (exact) mass is 452 g/mol. The van der Waals surface area contributed by atoms with Gasteiger partial charge in [0.1, 0.15) is 6.54 Å². The van der Waals surface area contributed by atoms with Crippen molar-refractivity contribution in [2.24, 2.45) is 5.92 Å². The molecule has 3 aromatic carbocycles. The van der Waals surface area contributed by atoms with E-state index in [0.29, 0.717) is 11.5 Å². The van der Waals surface area contributed by atoms with Gasteiger partial charge in [0, 0.05) is 0 Å². The summed E-state index contributed by atoms with van der Waals surface area (Å²) < 4.78 is 33.5. The molecule has 4 rings (SSSR count). The SMILES string of the molecule is CC(C)CCc1ccc2cc(OC(=O)c3ccccc3)c(N3CC(=O)NS3(=O)=O)cc2c1. The summed E-state index contributed by atoms with van der Waals surface area (Å²) in [5, 5.41) is 1.60. The van der Waals surface area contributed by atoms with Crippen LogP contribution >= 0.6 is 0 Å². The lowest BCUT2D eigenvalue weighted by atomic mass is 9.99. The number of hydrogen-bond donors (Lipinski definition) is 1. The fraction of sp³-hybridized carbons (Fsp3) is 0.250. The highest BCUT2D eigenvalue weighted by Gasteiger charge is 2.36. The zero-order valence-corrected chi connectivity index (χ0v) is 18.7. The van der Waals surface area contributed by atoms with Crippen molar-refractivity contribution in [1.82, 2.24) is 4.72 Å². The van der Waals surface area contributed by atoms with Crippen molar-refractivity contribution >= 4 is 38.5 Å². The predicted molar refractivity (Wildman–Crippen MR) is 123 cm³/mol. The molecule has 0 aromatic heterocycles. The molecule has 166 valence electrons. The molecule has 1 heterocycles. The summed E-state index contributed by atoms with van der Waals surface area (Å²) in [5.74, 6) is -0.624. The second-order valence-electron chi connectivity index (χ2n) is 8.23. The molecule has 1 fully saturated rings. The molecule has 8 heteroatoms. The van der Waals surface area contributed by atoms with Crippen molar-refractivity contribution in [1.29, 1.82) is 0 Å². The van der Waals surface area contributed by atoms with Crippen LogP contribution in [-0.4, -0.2) is 26.8 Å². The van der Waals surface area contributed by atoms with Crippen LogP contribution in [0.1, 0.15) is 36.2 Å². The van der Waals surface area contributed by atoms with E-state index in [9.17, 15) is 18.0 Å². The standard InChI is InChI=1S/C24H24N2O5S/c1-16(2)8-9-17-10-11-19-14-22(31-24(28)18-6-4-3-5-7-18)21(13-20(19)12-17)26-15-23(27)25-32(26,29)30/h3-7,10-14,16H,8-9,15H2,1-2H3,(H,25,27). The Morgan fingerprint density at radius 3 is 2.47 bits per heavy atom. The quantitative estimate of drug-likeness (QED) is 0.453. The van der Waals surface area contributed by atoms with Gasteiger partial charge in [-0.15, -0.1) is 0 Å². The van der Waals surface area contributed by atoms with Gasteiger partial charge in [-0.25, -0.2) is 13.8 Å². The molecule has 1 saturated heterocycles. The third kappa shape index (κ3) is 4.60. The summed E-state index contributed by atoms with van der Waals surface area (Å²) in [7, 11) is -4.07. The molecule has 32 heavy (non-hydrogen) atoms. The minimum Gasteiger partial charge on any atom is -0.421 e. The number of rotatable bonds is 6. The Kier molecular flexibility index (Phi) is 5.88. The molecule has 0 saturated carbocycles. The van der Waals surface area contributed by atoms with E-state index < -0.39 is 22.1 Å². The van der Waals surface area contributed by atoms with Crippen LogP contribution < -0.4 is 13.8 Å². The van der Waals surface area contributed by atoms with Crippen LogP contribution in [0.25, 0.3) is 10.8 Å². The molecule has 0 radical (unpaired) electrons. The highest BCUT2D eigenvalue weighted by atomic mass is 32.2. The summed E-state index contributed by atoms with van der Waals surface area (Å²) in [6.07, 6.45) is 1.93. The number of aryl methyl sites for hydroxylation is 1. The van der Waals surface area contributed by atoms with Crippen LogP contribution in [0.4, 0.5) is 5.69 Å². The molecule has 0 unspecified atom stereocenters. The largest absolute Gasteiger partial charge is 0.421 e. The molecule has 1 aliphatic heterocycles. The van der Waals surface area contributed by atoms with Crippen LogP contribution in [0.5, 0.6) is 5.75 Å². The summed E-state index contributed by atoms with van der Waals surface area (Å²) in [5.41, 5.74) is 1.60. The highest BCUT2D eigenvalue weighted by molar-refractivity contribution is 7.92. The van der Waals surface area contributed by atoms with E-state index >= 15 is 0 Å². The van der Waals surface area contributed by atoms with E-state index in [1.54, 1.807) is 42.5 Å². The molecule has 0 bridgehead atoms. The average Bonchev–Trinajstić information content (AvgIpc) is 3.04. The Morgan fingerprint density at radius 2 is 1.81 bits per heavy atom. The third-order valence-corrected chi connectivity index (χ3v) is 6.69. The van der Waals surface area contributed by atoms with Crippen molar-refractivity contribution in [3.05, 3.63) is 71.8 Å². The maximum absolute atomic E-state index is 12.7. The zero-order valence-electron chi connectivity index (χ0n) is 17.9. The number of fused-ring (bicyclic) bond motifs is 1. The maximum atomic E-state index is 12.7. The molecule has 7 nitrogen and oxygen atoms in total. The highest BCUT2D eigenvalue weighted by Crippen LogP contribution is 2.36. The number of amides is 1. The van der Waals surface area contributed by atoms with Crippen LogP contribution in [0, 0.1) is 5.92 Å². The van der Waals surface area contributed by atoms with Crippen LogP contribution in [0.15, 0.2) is 60.7 Å². The van der Waals surface area contributed by atoms with Crippen molar-refractivity contribution < 1.29 is 22.7 Å². The Labute approximate surface area is 187 Å². The van der Waals surface area contributed by atoms with Crippen molar-refractivity contribution in [3.63, 3.8) is 0 Å². The van der Waals surface area contributed by atoms with Gasteiger partial charge in [-0.05, 0) is 59.4 Å². The van der Waals surface area contributed by atoms with Crippen LogP contribution in [0.2, 0.25) is 0 Å². The second-order valence-corrected chi connectivity index (χ2v) is 9.82. The van der Waals surface area contributed by atoms with E-state index in [0.717, 1.165) is 33.5 Å². The Hall–Kier alpha value is -3.39. The number of hydrogen-bond acceptors (Lipinski definition) is 5. The molecule has 0 spiro atoms. The number of nitrogens with one attached hydrogen (secondary N) is 1. The molecule has 3 aromatic rings. The van der Waals surface area contributed by atoms with Gasteiger partial charge in [0.05, 0.1) is 11.3 Å². The smallest absolute Gasteiger partial charge is 0.343 e. The van der Waals surface area contributed by atoms with E-state index in [2.05, 4.69) is 13.8 Å². The Bertz CT molecular complexity index is 1290. The number of anilines is 1.